The van der Waals surface area contributed by atoms with E-state index in [9.17, 15) is 9.59 Å². The number of ketones is 2. The first-order valence-electron chi connectivity index (χ1n) is 20.3. The number of carbonyl (C=O) groups excluding carboxylic acids is 2. The minimum absolute atomic E-state index is 0.0209. The third-order valence-corrected chi connectivity index (χ3v) is 10.3. The Labute approximate surface area is 330 Å². The molecular formula is C46H54N4O6. The molecule has 6 rings (SSSR count). The molecule has 56 heavy (non-hydrogen) atoms. The molecule has 294 valence electrons. The van der Waals surface area contributed by atoms with Crippen molar-refractivity contribution in [2.75, 3.05) is 26.4 Å². The first-order valence-corrected chi connectivity index (χ1v) is 20.3. The van der Waals surface area contributed by atoms with Crippen molar-refractivity contribution in [2.24, 2.45) is 32.3 Å². The predicted molar refractivity (Wildman–Crippen MR) is 218 cm³/mol. The number of azo groups is 2. The number of ether oxygens (including phenoxy) is 4. The smallest absolute Gasteiger partial charge is 0.163 e. The van der Waals surface area contributed by atoms with Gasteiger partial charge in [-0.2, -0.15) is 20.5 Å². The molecule has 0 N–H and O–H groups in total. The number of unbranched alkanes of at least 4 members (excludes halogenated alkanes) is 6. The molecule has 2 aliphatic heterocycles. The van der Waals surface area contributed by atoms with Crippen molar-refractivity contribution >= 4 is 34.3 Å². The maximum absolute atomic E-state index is 13.3. The molecule has 0 aliphatic carbocycles. The number of rotatable bonds is 22. The quantitative estimate of drug-likeness (QED) is 0.0447. The fourth-order valence-electron chi connectivity index (χ4n) is 7.03. The number of carbonyl (C=O) groups is 2. The Morgan fingerprint density at radius 1 is 0.500 bits per heavy atom. The van der Waals surface area contributed by atoms with E-state index in [0.717, 1.165) is 48.9 Å². The van der Waals surface area contributed by atoms with Crippen LogP contribution < -0.4 is 9.47 Å². The van der Waals surface area contributed by atoms with Gasteiger partial charge in [0.15, 0.2) is 11.6 Å². The van der Waals surface area contributed by atoms with Crippen molar-refractivity contribution in [3.05, 3.63) is 108 Å². The zero-order chi connectivity index (χ0) is 39.0. The Morgan fingerprint density at radius 2 is 0.839 bits per heavy atom. The van der Waals surface area contributed by atoms with E-state index < -0.39 is 0 Å². The Morgan fingerprint density at radius 3 is 1.18 bits per heavy atom. The Hall–Kier alpha value is -5.06. The molecule has 0 saturated carbocycles. The molecule has 4 aromatic carbocycles. The lowest BCUT2D eigenvalue weighted by Crippen LogP contribution is -2.28. The molecule has 0 amide bonds. The average Bonchev–Trinajstić information content (AvgIpc) is 3.83. The molecule has 4 aromatic rings. The van der Waals surface area contributed by atoms with E-state index in [4.69, 9.17) is 18.9 Å². The minimum Gasteiger partial charge on any atom is -0.494 e. The zero-order valence-corrected chi connectivity index (χ0v) is 32.7. The van der Waals surface area contributed by atoms with Crippen LogP contribution in [0.3, 0.4) is 0 Å². The highest BCUT2D eigenvalue weighted by Gasteiger charge is 2.48. The average molecular weight is 759 g/mol. The lowest BCUT2D eigenvalue weighted by molar-refractivity contribution is 0.0575. The second-order valence-electron chi connectivity index (χ2n) is 14.7. The summed E-state index contributed by atoms with van der Waals surface area (Å²) in [6.45, 7) is 6.68. The second-order valence-corrected chi connectivity index (χ2v) is 14.7. The van der Waals surface area contributed by atoms with Gasteiger partial charge in [0.25, 0.3) is 0 Å². The van der Waals surface area contributed by atoms with Gasteiger partial charge < -0.3 is 18.9 Å². The lowest BCUT2D eigenvalue weighted by atomic mass is 9.88. The molecule has 10 heteroatoms. The summed E-state index contributed by atoms with van der Waals surface area (Å²) in [4.78, 5) is 26.5. The van der Waals surface area contributed by atoms with E-state index >= 15 is 0 Å². The van der Waals surface area contributed by atoms with Gasteiger partial charge in [0, 0.05) is 35.8 Å². The summed E-state index contributed by atoms with van der Waals surface area (Å²) in [5.74, 6) is 1.56. The van der Waals surface area contributed by atoms with Crippen molar-refractivity contribution in [2.45, 2.75) is 90.3 Å². The van der Waals surface area contributed by atoms with E-state index in [1.165, 1.54) is 38.5 Å². The van der Waals surface area contributed by atoms with E-state index in [1.54, 1.807) is 48.5 Å². The van der Waals surface area contributed by atoms with E-state index in [-0.39, 0.29) is 35.6 Å². The van der Waals surface area contributed by atoms with Gasteiger partial charge in [-0.05, 0) is 110 Å². The number of benzene rings is 4. The summed E-state index contributed by atoms with van der Waals surface area (Å²) in [7, 11) is 0. The molecule has 0 radical (unpaired) electrons. The van der Waals surface area contributed by atoms with Crippen LogP contribution in [-0.2, 0) is 9.47 Å². The Balaban J connectivity index is 0.920. The summed E-state index contributed by atoms with van der Waals surface area (Å²) >= 11 is 0. The van der Waals surface area contributed by atoms with Crippen molar-refractivity contribution in [1.82, 2.24) is 0 Å². The van der Waals surface area contributed by atoms with Crippen LogP contribution in [0.5, 0.6) is 11.5 Å². The molecule has 0 bridgehead atoms. The number of fused-ring (bicyclic) bond motifs is 1. The van der Waals surface area contributed by atoms with Gasteiger partial charge in [0.2, 0.25) is 0 Å². The Kier molecular flexibility index (Phi) is 15.4. The maximum Gasteiger partial charge on any atom is 0.163 e. The number of Topliss-reactive ketones (excluding diaryl/α,β-unsaturated/α-hetero) is 2. The molecule has 2 fully saturated rings. The van der Waals surface area contributed by atoms with Crippen molar-refractivity contribution in [3.8, 4) is 11.5 Å². The van der Waals surface area contributed by atoms with Crippen LogP contribution in [0.15, 0.2) is 118 Å². The van der Waals surface area contributed by atoms with Gasteiger partial charge in [-0.1, -0.05) is 52.4 Å². The van der Waals surface area contributed by atoms with E-state index in [2.05, 4.69) is 34.3 Å². The largest absolute Gasteiger partial charge is 0.494 e. The molecule has 2 saturated heterocycles. The van der Waals surface area contributed by atoms with Gasteiger partial charge in [0.1, 0.15) is 11.5 Å². The summed E-state index contributed by atoms with van der Waals surface area (Å²) in [6.07, 6.45) is 9.55. The fourth-order valence-corrected chi connectivity index (χ4v) is 7.03. The highest BCUT2D eigenvalue weighted by Crippen LogP contribution is 2.39. The molecule has 0 unspecified atom stereocenters. The van der Waals surface area contributed by atoms with Crippen LogP contribution in [0.4, 0.5) is 22.7 Å². The summed E-state index contributed by atoms with van der Waals surface area (Å²) in [5, 5.41) is 17.3. The first-order chi connectivity index (χ1) is 27.5. The van der Waals surface area contributed by atoms with Gasteiger partial charge in [-0.3, -0.25) is 9.59 Å². The SMILES string of the molecule is CCCCCCOc1ccc(N=Nc2ccc(C(=O)C[C@@H]3CO[C@@H]4[C@H](CC(=O)c5ccc(N=Nc6ccc(OCCCCCC)cc6)cc5)CO[C@H]34)cc2)cc1. The molecule has 2 aliphatic rings. The van der Waals surface area contributed by atoms with Crippen LogP contribution in [0.25, 0.3) is 0 Å². The van der Waals surface area contributed by atoms with Crippen LogP contribution in [0.2, 0.25) is 0 Å². The standard InChI is InChI=1S/C46H54N4O6/c1-3-5-7-9-27-53-41-23-19-39(20-24-41)49-47-37-15-11-33(12-16-37)43(51)29-35-31-55-46-36(32-56-45(35)46)30-44(52)34-13-17-38(18-14-34)48-50-40-21-25-42(26-22-40)54-28-10-8-6-4-2/h11-26,35-36,45-46H,3-10,27-32H2,1-2H3/t35-,36-,45-,46-/m1/s1. The van der Waals surface area contributed by atoms with Crippen LogP contribution >= 0.6 is 0 Å². The molecule has 4 atom stereocenters. The molecule has 0 spiro atoms. The van der Waals surface area contributed by atoms with Crippen LogP contribution in [0.1, 0.15) is 98.8 Å². The third kappa shape index (κ3) is 12.0. The van der Waals surface area contributed by atoms with E-state index in [1.807, 2.05) is 48.5 Å². The lowest BCUT2D eigenvalue weighted by Gasteiger charge is -2.16. The molecule has 10 nitrogen and oxygen atoms in total. The third-order valence-electron chi connectivity index (χ3n) is 10.3. The molecular weight excluding hydrogens is 705 g/mol. The topological polar surface area (TPSA) is 120 Å². The van der Waals surface area contributed by atoms with E-state index in [0.29, 0.717) is 48.6 Å². The summed E-state index contributed by atoms with van der Waals surface area (Å²) < 4.78 is 23.9. The number of hydrogen-bond acceptors (Lipinski definition) is 10. The maximum atomic E-state index is 13.3. The highest BCUT2D eigenvalue weighted by molar-refractivity contribution is 5.97. The predicted octanol–water partition coefficient (Wildman–Crippen LogP) is 12.3. The number of hydrogen-bond donors (Lipinski definition) is 0. The van der Waals surface area contributed by atoms with Crippen molar-refractivity contribution in [1.29, 1.82) is 0 Å². The van der Waals surface area contributed by atoms with Gasteiger partial charge in [0.05, 0.1) is 61.4 Å². The fraction of sp³-hybridized carbons (Fsp3) is 0.435. The first kappa shape index (κ1) is 40.6. The van der Waals surface area contributed by atoms with Crippen LogP contribution in [0, 0.1) is 11.8 Å². The normalized spacial score (nSPS) is 19.1. The van der Waals surface area contributed by atoms with Crippen molar-refractivity contribution in [3.63, 3.8) is 0 Å². The highest BCUT2D eigenvalue weighted by atomic mass is 16.6. The molecule has 2 heterocycles. The van der Waals surface area contributed by atoms with Gasteiger partial charge in [-0.15, -0.1) is 0 Å². The second kappa shape index (κ2) is 21.3. The van der Waals surface area contributed by atoms with Crippen molar-refractivity contribution < 1.29 is 28.5 Å². The van der Waals surface area contributed by atoms with Gasteiger partial charge in [-0.25, -0.2) is 0 Å². The summed E-state index contributed by atoms with van der Waals surface area (Å²) in [6, 6.07) is 29.5. The minimum atomic E-state index is -0.211. The zero-order valence-electron chi connectivity index (χ0n) is 32.7. The monoisotopic (exact) mass is 758 g/mol. The van der Waals surface area contributed by atoms with Crippen LogP contribution in [-0.4, -0.2) is 50.2 Å². The summed E-state index contributed by atoms with van der Waals surface area (Å²) in [5.41, 5.74) is 3.99. The number of nitrogens with zero attached hydrogens (tertiary/aromatic N) is 4. The van der Waals surface area contributed by atoms with Gasteiger partial charge >= 0.3 is 0 Å². The molecule has 0 aromatic heterocycles. The Bertz CT molecular complexity index is 1740.